The molecule has 1 aromatic heterocycles. The number of carbonyl (C=O) groups excluding carboxylic acids is 1. The molecule has 0 aliphatic carbocycles. The van der Waals surface area contributed by atoms with Crippen LogP contribution in [0.2, 0.25) is 0 Å². The Labute approximate surface area is 148 Å². The predicted octanol–water partition coefficient (Wildman–Crippen LogP) is 3.15. The van der Waals surface area contributed by atoms with E-state index in [1.54, 1.807) is 7.11 Å². The van der Waals surface area contributed by atoms with Crippen LogP contribution in [0.25, 0.3) is 0 Å². The number of nitrogens with zero attached hydrogens (tertiary/aromatic N) is 3. The average molecular weight is 343 g/mol. The third kappa shape index (κ3) is 4.18. The summed E-state index contributed by atoms with van der Waals surface area (Å²) in [6.45, 7) is 5.43. The molecule has 0 bridgehead atoms. The number of hydrogen-bond donors (Lipinski definition) is 0. The first-order valence-corrected chi connectivity index (χ1v) is 8.81. The number of hydrogen-bond acceptors (Lipinski definition) is 5. The van der Waals surface area contributed by atoms with Gasteiger partial charge >= 0.3 is 0 Å². The van der Waals surface area contributed by atoms with Gasteiger partial charge in [0.1, 0.15) is 5.75 Å². The minimum atomic E-state index is 0.133. The van der Waals surface area contributed by atoms with Crippen LogP contribution in [0, 0.1) is 0 Å². The van der Waals surface area contributed by atoms with Gasteiger partial charge in [0.15, 0.2) is 5.82 Å². The molecule has 1 amide bonds. The molecule has 1 aromatic carbocycles. The van der Waals surface area contributed by atoms with Gasteiger partial charge in [-0.2, -0.15) is 4.98 Å². The van der Waals surface area contributed by atoms with E-state index in [1.807, 2.05) is 43.0 Å². The molecule has 1 aliphatic rings. The summed E-state index contributed by atoms with van der Waals surface area (Å²) >= 11 is 0. The Morgan fingerprint density at radius 2 is 2.08 bits per heavy atom. The summed E-state index contributed by atoms with van der Waals surface area (Å²) in [5, 5.41) is 4.04. The lowest BCUT2D eigenvalue weighted by molar-refractivity contribution is -0.133. The zero-order chi connectivity index (χ0) is 17.8. The smallest absolute Gasteiger partial charge is 0.231 e. The molecule has 0 saturated carbocycles. The minimum Gasteiger partial charge on any atom is -0.497 e. The molecule has 1 aliphatic heterocycles. The second kappa shape index (κ2) is 7.68. The van der Waals surface area contributed by atoms with Gasteiger partial charge in [-0.25, -0.2) is 0 Å². The second-order valence-electron chi connectivity index (χ2n) is 6.82. The van der Waals surface area contributed by atoms with Crippen LogP contribution in [0.4, 0.5) is 0 Å². The van der Waals surface area contributed by atoms with Crippen molar-refractivity contribution < 1.29 is 14.1 Å². The highest BCUT2D eigenvalue weighted by Gasteiger charge is 2.30. The van der Waals surface area contributed by atoms with E-state index in [4.69, 9.17) is 9.26 Å². The van der Waals surface area contributed by atoms with E-state index in [0.29, 0.717) is 25.4 Å². The Hall–Kier alpha value is -2.37. The number of ether oxygens (including phenoxy) is 1. The van der Waals surface area contributed by atoms with Crippen molar-refractivity contribution >= 4 is 5.91 Å². The van der Waals surface area contributed by atoms with Crippen molar-refractivity contribution in [3.05, 3.63) is 41.5 Å². The van der Waals surface area contributed by atoms with Crippen molar-refractivity contribution in [1.29, 1.82) is 0 Å². The molecule has 0 radical (unpaired) electrons. The molecule has 2 aromatic rings. The highest BCUT2D eigenvalue weighted by Crippen LogP contribution is 2.27. The lowest BCUT2D eigenvalue weighted by atomic mass is 9.97. The molecule has 1 atom stereocenters. The number of amides is 1. The maximum absolute atomic E-state index is 12.2. The standard InChI is InChI=1S/C19H25N3O3/c1-13(2)18-20-19(25-21-18)15-6-9-17(23)22(12-15)11-10-14-4-7-16(24-3)8-5-14/h4-5,7-8,13,15H,6,9-12H2,1-3H3/t15-/m1/s1. The fraction of sp³-hybridized carbons (Fsp3) is 0.526. The van der Waals surface area contributed by atoms with E-state index >= 15 is 0 Å². The van der Waals surface area contributed by atoms with Gasteiger partial charge in [-0.05, 0) is 30.5 Å². The molecule has 1 fully saturated rings. The molecule has 25 heavy (non-hydrogen) atoms. The molecule has 1 saturated heterocycles. The zero-order valence-corrected chi connectivity index (χ0v) is 15.1. The Morgan fingerprint density at radius 3 is 2.72 bits per heavy atom. The van der Waals surface area contributed by atoms with Gasteiger partial charge in [-0.1, -0.05) is 31.1 Å². The number of piperidine rings is 1. The van der Waals surface area contributed by atoms with Crippen LogP contribution in [0.5, 0.6) is 5.75 Å². The van der Waals surface area contributed by atoms with E-state index in [0.717, 1.165) is 24.4 Å². The number of carbonyl (C=O) groups is 1. The molecular weight excluding hydrogens is 318 g/mol. The number of aromatic nitrogens is 2. The minimum absolute atomic E-state index is 0.133. The topological polar surface area (TPSA) is 68.5 Å². The zero-order valence-electron chi connectivity index (χ0n) is 15.1. The van der Waals surface area contributed by atoms with Crippen LogP contribution in [-0.2, 0) is 11.2 Å². The largest absolute Gasteiger partial charge is 0.497 e. The van der Waals surface area contributed by atoms with Crippen molar-refractivity contribution in [2.75, 3.05) is 20.2 Å². The Morgan fingerprint density at radius 1 is 1.32 bits per heavy atom. The number of methoxy groups -OCH3 is 1. The summed E-state index contributed by atoms with van der Waals surface area (Å²) in [6, 6.07) is 7.97. The van der Waals surface area contributed by atoms with E-state index in [2.05, 4.69) is 10.1 Å². The van der Waals surface area contributed by atoms with Gasteiger partial charge in [0.25, 0.3) is 0 Å². The van der Waals surface area contributed by atoms with Crippen LogP contribution in [0.15, 0.2) is 28.8 Å². The lowest BCUT2D eigenvalue weighted by Crippen LogP contribution is -2.40. The molecule has 134 valence electrons. The van der Waals surface area contributed by atoms with E-state index in [9.17, 15) is 4.79 Å². The Kier molecular flexibility index (Phi) is 5.36. The predicted molar refractivity (Wildman–Crippen MR) is 93.6 cm³/mol. The SMILES string of the molecule is COc1ccc(CCN2C[C@H](c3nc(C(C)C)no3)CCC2=O)cc1. The maximum Gasteiger partial charge on any atom is 0.231 e. The van der Waals surface area contributed by atoms with Crippen molar-refractivity contribution in [2.24, 2.45) is 0 Å². The second-order valence-corrected chi connectivity index (χ2v) is 6.82. The Balaban J connectivity index is 1.60. The summed E-state index contributed by atoms with van der Waals surface area (Å²) in [4.78, 5) is 18.7. The molecule has 3 rings (SSSR count). The third-order valence-corrected chi connectivity index (χ3v) is 4.65. The summed E-state index contributed by atoms with van der Waals surface area (Å²) in [5.41, 5.74) is 1.19. The van der Waals surface area contributed by atoms with Crippen LogP contribution < -0.4 is 4.74 Å². The Bertz CT molecular complexity index is 709. The van der Waals surface area contributed by atoms with Crippen LogP contribution in [0.3, 0.4) is 0 Å². The van der Waals surface area contributed by atoms with Crippen molar-refractivity contribution in [3.8, 4) is 5.75 Å². The summed E-state index contributed by atoms with van der Waals surface area (Å²) in [5.74, 6) is 2.81. The van der Waals surface area contributed by atoms with E-state index in [1.165, 1.54) is 5.56 Å². The average Bonchev–Trinajstić information content (AvgIpc) is 3.12. The van der Waals surface area contributed by atoms with Crippen LogP contribution in [-0.4, -0.2) is 41.1 Å². The van der Waals surface area contributed by atoms with Crippen molar-refractivity contribution in [3.63, 3.8) is 0 Å². The molecule has 0 spiro atoms. The highest BCUT2D eigenvalue weighted by molar-refractivity contribution is 5.77. The fourth-order valence-corrected chi connectivity index (χ4v) is 3.04. The highest BCUT2D eigenvalue weighted by atomic mass is 16.5. The summed E-state index contributed by atoms with van der Waals surface area (Å²) < 4.78 is 10.6. The molecule has 0 N–H and O–H groups in total. The van der Waals surface area contributed by atoms with Gasteiger partial charge in [0.05, 0.1) is 13.0 Å². The van der Waals surface area contributed by atoms with Gasteiger partial charge in [-0.15, -0.1) is 0 Å². The third-order valence-electron chi connectivity index (χ3n) is 4.65. The van der Waals surface area contributed by atoms with Gasteiger partial charge in [0.2, 0.25) is 11.8 Å². The van der Waals surface area contributed by atoms with Gasteiger partial charge in [0, 0.05) is 25.4 Å². The van der Waals surface area contributed by atoms with Crippen LogP contribution >= 0.6 is 0 Å². The lowest BCUT2D eigenvalue weighted by Gasteiger charge is -2.31. The van der Waals surface area contributed by atoms with Gasteiger partial charge < -0.3 is 14.2 Å². The normalized spacial score (nSPS) is 18.0. The summed E-state index contributed by atoms with van der Waals surface area (Å²) in [6.07, 6.45) is 2.13. The number of rotatable bonds is 6. The monoisotopic (exact) mass is 343 g/mol. The molecule has 2 heterocycles. The molecule has 0 unspecified atom stereocenters. The van der Waals surface area contributed by atoms with Gasteiger partial charge in [-0.3, -0.25) is 4.79 Å². The maximum atomic E-state index is 12.2. The number of benzene rings is 1. The van der Waals surface area contributed by atoms with Crippen LogP contribution in [0.1, 0.15) is 55.8 Å². The van der Waals surface area contributed by atoms with E-state index in [-0.39, 0.29) is 17.7 Å². The van der Waals surface area contributed by atoms with Crippen molar-refractivity contribution in [2.45, 2.75) is 44.9 Å². The molecule has 6 nitrogen and oxygen atoms in total. The number of likely N-dealkylation sites (tertiary alicyclic amines) is 1. The first-order valence-electron chi connectivity index (χ1n) is 8.81. The quantitative estimate of drug-likeness (QED) is 0.806. The van der Waals surface area contributed by atoms with Crippen molar-refractivity contribution in [1.82, 2.24) is 15.0 Å². The summed E-state index contributed by atoms with van der Waals surface area (Å²) in [7, 11) is 1.66. The first-order chi connectivity index (χ1) is 12.1. The first kappa shape index (κ1) is 17.5. The van der Waals surface area contributed by atoms with E-state index < -0.39 is 0 Å². The fourth-order valence-electron chi connectivity index (χ4n) is 3.04. The molecular formula is C19H25N3O3. The molecule has 6 heteroatoms.